The van der Waals surface area contributed by atoms with E-state index in [1.54, 1.807) is 18.2 Å². The first-order valence-corrected chi connectivity index (χ1v) is 16.6. The van der Waals surface area contributed by atoms with E-state index in [1.807, 2.05) is 54.6 Å². The first kappa shape index (κ1) is 34.6. The van der Waals surface area contributed by atoms with Crippen molar-refractivity contribution in [1.29, 1.82) is 0 Å². The van der Waals surface area contributed by atoms with Gasteiger partial charge in [-0.25, -0.2) is 0 Å². The van der Waals surface area contributed by atoms with Crippen LogP contribution < -0.4 is 0 Å². The van der Waals surface area contributed by atoms with E-state index in [0.29, 0.717) is 40.1 Å². The second kappa shape index (κ2) is 15.0. The summed E-state index contributed by atoms with van der Waals surface area (Å²) in [5, 5.41) is 5.53. The number of rotatable bonds is 3. The Morgan fingerprint density at radius 2 is 1.36 bits per heavy atom. The molecule has 0 N–H and O–H groups in total. The minimum Gasteiger partial charge on any atom is -0.500 e. The van der Waals surface area contributed by atoms with Gasteiger partial charge in [0.15, 0.2) is 0 Å². The molecule has 0 atom stereocenters. The fourth-order valence-electron chi connectivity index (χ4n) is 6.65. The molecule has 0 aliphatic rings. The molecule has 11 heteroatoms. The van der Waals surface area contributed by atoms with Crippen molar-refractivity contribution >= 4 is 43.5 Å². The first-order chi connectivity index (χ1) is 27.6. The zero-order valence-corrected chi connectivity index (χ0v) is 30.9. The van der Waals surface area contributed by atoms with Gasteiger partial charge >= 0.3 is 12.4 Å². The summed E-state index contributed by atoms with van der Waals surface area (Å²) >= 11 is 0. The maximum atomic E-state index is 13.9. The van der Waals surface area contributed by atoms with Gasteiger partial charge in [-0.2, -0.15) is 26.3 Å². The second-order valence-corrected chi connectivity index (χ2v) is 12.5. The Labute approximate surface area is 333 Å². The van der Waals surface area contributed by atoms with Crippen LogP contribution in [0.4, 0.5) is 30.7 Å². The molecule has 3 nitrogen and oxygen atoms in total. The molecule has 0 aliphatic heterocycles. The van der Waals surface area contributed by atoms with Crippen LogP contribution in [0.5, 0.6) is 0 Å². The van der Waals surface area contributed by atoms with Crippen LogP contribution in [0.2, 0.25) is 0 Å². The molecule has 9 rings (SSSR count). The summed E-state index contributed by atoms with van der Waals surface area (Å²) in [6.45, 7) is -2.15. The Morgan fingerprint density at radius 1 is 0.643 bits per heavy atom. The maximum Gasteiger partial charge on any atom is 0.417 e. The van der Waals surface area contributed by atoms with Crippen LogP contribution in [0, 0.1) is 24.8 Å². The summed E-state index contributed by atoms with van der Waals surface area (Å²) in [6, 6.07) is 36.6. The molecule has 0 fully saturated rings. The molecule has 3 heterocycles. The molecule has 9 aromatic rings. The third-order valence-electron chi connectivity index (χ3n) is 9.11. The fraction of sp³-hybridized carbons (Fsp3) is 0.0667. The Hall–Kier alpha value is -5.90. The first-order valence-electron chi connectivity index (χ1n) is 18.1. The summed E-state index contributed by atoms with van der Waals surface area (Å²) in [4.78, 5) is 8.32. The van der Waals surface area contributed by atoms with Crippen LogP contribution in [0.25, 0.3) is 77.1 Å². The number of hydrogen-bond acceptors (Lipinski definition) is 3. The van der Waals surface area contributed by atoms with Crippen molar-refractivity contribution < 1.29 is 59.4 Å². The zero-order valence-electron chi connectivity index (χ0n) is 31.5. The van der Waals surface area contributed by atoms with E-state index in [2.05, 4.69) is 22.1 Å². The van der Waals surface area contributed by atoms with Crippen molar-refractivity contribution in [3.63, 3.8) is 0 Å². The fourth-order valence-corrected chi connectivity index (χ4v) is 6.65. The van der Waals surface area contributed by atoms with Gasteiger partial charge in [-0.05, 0) is 63.7 Å². The predicted octanol–water partition coefficient (Wildman–Crippen LogP) is 13.5. The van der Waals surface area contributed by atoms with Gasteiger partial charge in [0.05, 0.1) is 16.7 Å². The van der Waals surface area contributed by atoms with Gasteiger partial charge in [0.1, 0.15) is 5.58 Å². The Bertz CT molecular complexity index is 2950. The van der Waals surface area contributed by atoms with Crippen LogP contribution in [-0.2, 0) is 32.5 Å². The van der Waals surface area contributed by atoms with Crippen LogP contribution in [0.15, 0.2) is 138 Å². The van der Waals surface area contributed by atoms with E-state index in [-0.39, 0.29) is 42.7 Å². The molecule has 3 aromatic heterocycles. The number of alkyl halides is 6. The molecule has 0 unspecified atom stereocenters. The molecule has 0 aliphatic carbocycles. The van der Waals surface area contributed by atoms with Crippen molar-refractivity contribution in [2.24, 2.45) is 0 Å². The van der Waals surface area contributed by atoms with Crippen molar-refractivity contribution in [2.75, 3.05) is 0 Å². The number of halogens is 7. The Morgan fingerprint density at radius 3 is 2.05 bits per heavy atom. The number of benzene rings is 6. The summed E-state index contributed by atoms with van der Waals surface area (Å²) in [5.41, 5.74) is -1.15. The molecule has 0 saturated heterocycles. The van der Waals surface area contributed by atoms with Gasteiger partial charge in [0.2, 0.25) is 0 Å². The smallest absolute Gasteiger partial charge is 0.417 e. The van der Waals surface area contributed by atoms with Gasteiger partial charge < -0.3 is 14.4 Å². The summed E-state index contributed by atoms with van der Waals surface area (Å²) in [7, 11) is 0. The third-order valence-corrected chi connectivity index (χ3v) is 9.11. The molecule has 56 heavy (non-hydrogen) atoms. The molecule has 0 amide bonds. The van der Waals surface area contributed by atoms with Crippen molar-refractivity contribution in [3.05, 3.63) is 168 Å². The van der Waals surface area contributed by atoms with Crippen LogP contribution >= 0.6 is 0 Å². The molecule has 0 saturated carbocycles. The average Bonchev–Trinajstić information content (AvgIpc) is 3.60. The number of aromatic nitrogens is 2. The molecule has 0 spiro atoms. The van der Waals surface area contributed by atoms with Crippen LogP contribution in [0.1, 0.15) is 20.8 Å². The van der Waals surface area contributed by atoms with E-state index in [0.717, 1.165) is 44.5 Å². The molecular weight excluding hydrogens is 910 g/mol. The van der Waals surface area contributed by atoms with Gasteiger partial charge in [-0.1, -0.05) is 83.7 Å². The van der Waals surface area contributed by atoms with E-state index < -0.39 is 35.9 Å². The quantitative estimate of drug-likeness (QED) is 0.101. The molecular formula is C45H25F7IrN2O-2. The number of hydrogen-bond donors (Lipinski definition) is 0. The van der Waals surface area contributed by atoms with Crippen molar-refractivity contribution in [3.8, 4) is 33.6 Å². The van der Waals surface area contributed by atoms with E-state index in [9.17, 15) is 30.7 Å². The molecule has 1 radical (unpaired) electrons. The minimum atomic E-state index is -5.00. The molecule has 6 aromatic carbocycles. The van der Waals surface area contributed by atoms with Gasteiger partial charge in [-0.3, -0.25) is 4.39 Å². The monoisotopic (exact) mass is 938 g/mol. The largest absolute Gasteiger partial charge is 0.500 e. The Kier molecular flexibility index (Phi) is 9.25. The minimum absolute atomic E-state index is 0. The predicted molar refractivity (Wildman–Crippen MR) is 199 cm³/mol. The standard InChI is InChI=1S/C33H16F6NO.C12H9FN.Ir/c34-32(35,36)26-9-4-10-27(33(37,38)39)29(26)19-15-16-40-28(17-19)25-8-3-7-22-24-14-13-21-20-6-2-1-5-18(20)11-12-23(21)30(24)41-31(22)25;1-9-2-7-12(14-8-9)10-3-5-11(13)6-4-10;/h1-7,9-17H;2-3,5-8H,1H3;/q2*-1;/i;1D3;. The van der Waals surface area contributed by atoms with E-state index in [1.165, 1.54) is 36.7 Å². The molecule has 281 valence electrons. The number of nitrogens with zero attached hydrogens (tertiary/aromatic N) is 2. The number of furan rings is 1. The number of pyridine rings is 2. The second-order valence-electron chi connectivity index (χ2n) is 12.5. The number of aryl methyl sites for hydroxylation is 1. The van der Waals surface area contributed by atoms with E-state index >= 15 is 0 Å². The van der Waals surface area contributed by atoms with Crippen LogP contribution in [0.3, 0.4) is 0 Å². The zero-order chi connectivity index (χ0) is 41.0. The van der Waals surface area contributed by atoms with Crippen molar-refractivity contribution in [1.82, 2.24) is 9.97 Å². The summed E-state index contributed by atoms with van der Waals surface area (Å²) in [6.07, 6.45) is -7.51. The van der Waals surface area contributed by atoms with Gasteiger partial charge in [0, 0.05) is 58.8 Å². The maximum absolute atomic E-state index is 13.9. The average molecular weight is 938 g/mol. The normalized spacial score (nSPS) is 12.8. The third kappa shape index (κ3) is 7.28. The summed E-state index contributed by atoms with van der Waals surface area (Å²) < 4.78 is 124. The van der Waals surface area contributed by atoms with Crippen molar-refractivity contribution in [2.45, 2.75) is 19.2 Å². The van der Waals surface area contributed by atoms with Gasteiger partial charge in [-0.15, -0.1) is 48.0 Å². The topological polar surface area (TPSA) is 38.9 Å². The van der Waals surface area contributed by atoms with Gasteiger partial charge in [0.25, 0.3) is 0 Å². The van der Waals surface area contributed by atoms with E-state index in [4.69, 9.17) is 8.53 Å². The Balaban J connectivity index is 0.000000247. The number of fused-ring (bicyclic) bond motifs is 7. The van der Waals surface area contributed by atoms with Crippen LogP contribution in [-0.4, -0.2) is 9.97 Å². The SMILES string of the molecule is FC(F)(F)c1cccc(C(F)(F)F)c1-c1ccnc(-c2[c-]ccc3c2oc2c3ccc3c4ccccc4ccc32)c1.[2H]C([2H])([2H])c1ccc(-c2[c-]cc(F)cc2)nc1.[Ir]. The molecule has 0 bridgehead atoms. The summed E-state index contributed by atoms with van der Waals surface area (Å²) in [5.74, 6) is -0.368.